The highest BCUT2D eigenvalue weighted by atomic mass is 79.9. The van der Waals surface area contributed by atoms with Gasteiger partial charge in [-0.2, -0.15) is 4.31 Å². The van der Waals surface area contributed by atoms with Crippen molar-refractivity contribution < 1.29 is 12.6 Å². The van der Waals surface area contributed by atoms with Crippen LogP contribution in [0.3, 0.4) is 0 Å². The van der Waals surface area contributed by atoms with Crippen molar-refractivity contribution >= 4 is 42.6 Å². The molecule has 1 saturated heterocycles. The number of anilines is 1. The first kappa shape index (κ1) is 14.9. The van der Waals surface area contributed by atoms with E-state index in [-0.39, 0.29) is 23.8 Å². The molecule has 10 heteroatoms. The Balaban J connectivity index is 2.39. The fourth-order valence-corrected chi connectivity index (χ4v) is 5.07. The highest BCUT2D eigenvalue weighted by molar-refractivity contribution is 9.10. The van der Waals surface area contributed by atoms with Crippen LogP contribution in [0, 0.1) is 0 Å². The van der Waals surface area contributed by atoms with Crippen LogP contribution >= 0.6 is 15.9 Å². The zero-order chi connectivity index (χ0) is 14.0. The molecule has 0 saturated carbocycles. The van der Waals surface area contributed by atoms with Gasteiger partial charge in [0, 0.05) is 46.1 Å². The molecule has 0 spiro atoms. The average molecular weight is 369 g/mol. The molecule has 1 aliphatic rings. The molecule has 0 unspecified atom stereocenters. The van der Waals surface area contributed by atoms with Gasteiger partial charge in [-0.15, -0.1) is 0 Å². The SMILES string of the molecule is NNc1ncc(Br)cc1S(=O)(=O)N1CCS(=O)CC1. The average Bonchev–Trinajstić information content (AvgIpc) is 2.39. The minimum absolute atomic E-state index is 0.0112. The Morgan fingerprint density at radius 1 is 1.42 bits per heavy atom. The number of hydrazine groups is 1. The lowest BCUT2D eigenvalue weighted by molar-refractivity contribution is 0.438. The van der Waals surface area contributed by atoms with Gasteiger partial charge in [-0.25, -0.2) is 19.2 Å². The Kier molecular flexibility index (Phi) is 4.56. The van der Waals surface area contributed by atoms with Crippen molar-refractivity contribution in [3.63, 3.8) is 0 Å². The highest BCUT2D eigenvalue weighted by Crippen LogP contribution is 2.26. The molecule has 1 aromatic heterocycles. The summed E-state index contributed by atoms with van der Waals surface area (Å²) in [6.45, 7) is 0.483. The molecule has 7 nitrogen and oxygen atoms in total. The Labute approximate surface area is 122 Å². The lowest BCUT2D eigenvalue weighted by Gasteiger charge is -2.26. The monoisotopic (exact) mass is 368 g/mol. The second kappa shape index (κ2) is 5.83. The van der Waals surface area contributed by atoms with Crippen LogP contribution < -0.4 is 11.3 Å². The van der Waals surface area contributed by atoms with Gasteiger partial charge >= 0.3 is 0 Å². The fourth-order valence-electron chi connectivity index (χ4n) is 1.73. The number of sulfonamides is 1. The second-order valence-corrected chi connectivity index (χ2v) is 8.41. The molecule has 0 aromatic carbocycles. The van der Waals surface area contributed by atoms with Crippen LogP contribution in [0.15, 0.2) is 21.6 Å². The van der Waals surface area contributed by atoms with E-state index in [0.717, 1.165) is 0 Å². The first-order valence-corrected chi connectivity index (χ1v) is 9.14. The van der Waals surface area contributed by atoms with E-state index in [1.54, 1.807) is 0 Å². The summed E-state index contributed by atoms with van der Waals surface area (Å²) in [5.41, 5.74) is 2.28. The van der Waals surface area contributed by atoms with Crippen molar-refractivity contribution in [2.75, 3.05) is 30.0 Å². The number of hydrogen-bond donors (Lipinski definition) is 2. The topological polar surface area (TPSA) is 105 Å². The van der Waals surface area contributed by atoms with Crippen LogP contribution in [0.4, 0.5) is 5.82 Å². The van der Waals surface area contributed by atoms with E-state index in [9.17, 15) is 12.6 Å². The Hall–Kier alpha value is -0.550. The molecular weight excluding hydrogens is 356 g/mol. The lowest BCUT2D eigenvalue weighted by Crippen LogP contribution is -2.42. The van der Waals surface area contributed by atoms with Gasteiger partial charge in [0.05, 0.1) is 0 Å². The molecule has 1 fully saturated rings. The number of nitrogen functional groups attached to an aromatic ring is 1. The van der Waals surface area contributed by atoms with Crippen molar-refractivity contribution in [1.29, 1.82) is 0 Å². The molecule has 0 aliphatic carbocycles. The molecular formula is C9H13BrN4O3S2. The van der Waals surface area contributed by atoms with Crippen LogP contribution in [-0.2, 0) is 20.8 Å². The number of rotatable bonds is 3. The molecule has 0 atom stereocenters. The van der Waals surface area contributed by atoms with Crippen molar-refractivity contribution in [3.8, 4) is 0 Å². The van der Waals surface area contributed by atoms with Crippen molar-refractivity contribution in [2.24, 2.45) is 5.84 Å². The summed E-state index contributed by atoms with van der Waals surface area (Å²) in [5, 5.41) is 0. The quantitative estimate of drug-likeness (QED) is 0.569. The van der Waals surface area contributed by atoms with E-state index in [1.807, 2.05) is 0 Å². The second-order valence-electron chi connectivity index (χ2n) is 3.90. The molecule has 2 rings (SSSR count). The first-order valence-electron chi connectivity index (χ1n) is 5.42. The molecule has 0 amide bonds. The van der Waals surface area contributed by atoms with Crippen LogP contribution in [-0.4, -0.2) is 46.5 Å². The van der Waals surface area contributed by atoms with Gasteiger partial charge in [-0.1, -0.05) is 0 Å². The highest BCUT2D eigenvalue weighted by Gasteiger charge is 2.30. The zero-order valence-electron chi connectivity index (χ0n) is 9.87. The van der Waals surface area contributed by atoms with Crippen LogP contribution in [0.2, 0.25) is 0 Å². The summed E-state index contributed by atoms with van der Waals surface area (Å²) in [4.78, 5) is 3.94. The number of aromatic nitrogens is 1. The Bertz CT molecular complexity index is 597. The summed E-state index contributed by atoms with van der Waals surface area (Å²) in [6, 6.07) is 1.45. The number of nitrogens with two attached hydrogens (primary N) is 1. The minimum atomic E-state index is -3.69. The number of pyridine rings is 1. The van der Waals surface area contributed by atoms with Crippen LogP contribution in [0.5, 0.6) is 0 Å². The smallest absolute Gasteiger partial charge is 0.246 e. The Morgan fingerprint density at radius 3 is 2.63 bits per heavy atom. The van der Waals surface area contributed by atoms with Crippen molar-refractivity contribution in [3.05, 3.63) is 16.7 Å². The maximum atomic E-state index is 12.5. The van der Waals surface area contributed by atoms with E-state index in [0.29, 0.717) is 16.0 Å². The van der Waals surface area contributed by atoms with Gasteiger partial charge in [0.15, 0.2) is 5.82 Å². The Morgan fingerprint density at radius 2 is 2.05 bits per heavy atom. The van der Waals surface area contributed by atoms with E-state index < -0.39 is 20.8 Å². The van der Waals surface area contributed by atoms with Gasteiger partial charge in [0.25, 0.3) is 0 Å². The minimum Gasteiger partial charge on any atom is -0.307 e. The largest absolute Gasteiger partial charge is 0.307 e. The third-order valence-electron chi connectivity index (χ3n) is 2.71. The summed E-state index contributed by atoms with van der Waals surface area (Å²) in [6.07, 6.45) is 1.46. The number of nitrogens with zero attached hydrogens (tertiary/aromatic N) is 2. The standard InChI is InChI=1S/C9H13BrN4O3S2/c10-7-5-8(9(13-11)12-6-7)19(16,17)14-1-3-18(15)4-2-14/h5-6H,1-4,11H2,(H,12,13). The number of halogens is 1. The molecule has 2 heterocycles. The molecule has 1 aromatic rings. The summed E-state index contributed by atoms with van der Waals surface area (Å²) in [7, 11) is -4.62. The summed E-state index contributed by atoms with van der Waals surface area (Å²) >= 11 is 3.19. The van der Waals surface area contributed by atoms with Gasteiger partial charge in [0.1, 0.15) is 4.90 Å². The maximum absolute atomic E-state index is 12.5. The first-order chi connectivity index (χ1) is 8.95. The van der Waals surface area contributed by atoms with Gasteiger partial charge in [0.2, 0.25) is 10.0 Å². The van der Waals surface area contributed by atoms with E-state index in [2.05, 4.69) is 26.3 Å². The number of nitrogens with one attached hydrogen (secondary N) is 1. The fraction of sp³-hybridized carbons (Fsp3) is 0.444. The predicted molar refractivity (Wildman–Crippen MR) is 76.4 cm³/mol. The molecule has 1 aliphatic heterocycles. The normalized spacial score (nSPS) is 18.4. The molecule has 19 heavy (non-hydrogen) atoms. The van der Waals surface area contributed by atoms with Crippen LogP contribution in [0.25, 0.3) is 0 Å². The van der Waals surface area contributed by atoms with E-state index in [1.165, 1.54) is 16.6 Å². The van der Waals surface area contributed by atoms with E-state index in [4.69, 9.17) is 5.84 Å². The molecule has 0 radical (unpaired) electrons. The maximum Gasteiger partial charge on any atom is 0.246 e. The summed E-state index contributed by atoms with van der Waals surface area (Å²) in [5.74, 6) is 6.09. The summed E-state index contributed by atoms with van der Waals surface area (Å²) < 4.78 is 38.1. The third kappa shape index (κ3) is 3.14. The van der Waals surface area contributed by atoms with Gasteiger partial charge < -0.3 is 5.43 Å². The van der Waals surface area contributed by atoms with Crippen LogP contribution in [0.1, 0.15) is 0 Å². The van der Waals surface area contributed by atoms with Crippen molar-refractivity contribution in [2.45, 2.75) is 4.90 Å². The predicted octanol–water partition coefficient (Wildman–Crippen LogP) is -0.117. The van der Waals surface area contributed by atoms with E-state index >= 15 is 0 Å². The third-order valence-corrected chi connectivity index (χ3v) is 6.33. The molecule has 0 bridgehead atoms. The van der Waals surface area contributed by atoms with Gasteiger partial charge in [-0.3, -0.25) is 4.21 Å². The lowest BCUT2D eigenvalue weighted by atomic mass is 10.5. The van der Waals surface area contributed by atoms with Crippen molar-refractivity contribution in [1.82, 2.24) is 9.29 Å². The number of hydrogen-bond acceptors (Lipinski definition) is 6. The van der Waals surface area contributed by atoms with Gasteiger partial charge in [-0.05, 0) is 22.0 Å². The zero-order valence-corrected chi connectivity index (χ0v) is 13.1. The molecule has 106 valence electrons. The molecule has 3 N–H and O–H groups in total.